The smallest absolute Gasteiger partial charge is 0.213 e. The summed E-state index contributed by atoms with van der Waals surface area (Å²) in [6.07, 6.45) is 0. The molecule has 0 aliphatic carbocycles. The number of hydrogen-bond acceptors (Lipinski definition) is 4. The highest BCUT2D eigenvalue weighted by atomic mass is 32.2. The fraction of sp³-hybridized carbons (Fsp3) is 0.385. The minimum atomic E-state index is 0.462. The minimum absolute atomic E-state index is 0.462. The Bertz CT molecular complexity index is 577. The van der Waals surface area contributed by atoms with Crippen molar-refractivity contribution >= 4 is 24.0 Å². The van der Waals surface area contributed by atoms with Gasteiger partial charge in [0.1, 0.15) is 17.5 Å². The quantitative estimate of drug-likeness (QED) is 0.483. The number of para-hydroxylation sites is 1. The first kappa shape index (κ1) is 14.1. The van der Waals surface area contributed by atoms with Gasteiger partial charge in [0.25, 0.3) is 0 Å². The van der Waals surface area contributed by atoms with Crippen molar-refractivity contribution in [2.75, 3.05) is 5.94 Å². The van der Waals surface area contributed by atoms with Crippen LogP contribution in [0.15, 0.2) is 24.3 Å². The normalized spacial score (nSPS) is 10.9. The standard InChI is InChI=1S/C13H17N3OS2/c1-9(2)10-5-3-4-6-11(10)17-8-19-7-12-14-13(18)16-15-12/h3-6,9H,7-8H2,1-2H3,(H2,14,15,16,18). The fourth-order valence-corrected chi connectivity index (χ4v) is 2.49. The molecule has 4 nitrogen and oxygen atoms in total. The van der Waals surface area contributed by atoms with Crippen LogP contribution >= 0.6 is 24.0 Å². The molecule has 2 rings (SSSR count). The van der Waals surface area contributed by atoms with E-state index in [1.165, 1.54) is 5.56 Å². The molecule has 0 aliphatic rings. The number of thioether (sulfide) groups is 1. The maximum absolute atomic E-state index is 5.81. The number of aromatic nitrogens is 3. The van der Waals surface area contributed by atoms with Gasteiger partial charge >= 0.3 is 0 Å². The van der Waals surface area contributed by atoms with E-state index in [9.17, 15) is 0 Å². The van der Waals surface area contributed by atoms with E-state index >= 15 is 0 Å². The second-order valence-corrected chi connectivity index (χ2v) is 5.74. The van der Waals surface area contributed by atoms with Crippen LogP contribution < -0.4 is 4.74 Å². The molecule has 1 heterocycles. The molecular formula is C13H17N3OS2. The van der Waals surface area contributed by atoms with Crippen LogP contribution in [0, 0.1) is 4.77 Å². The van der Waals surface area contributed by atoms with E-state index in [2.05, 4.69) is 35.1 Å². The molecule has 0 fully saturated rings. The molecule has 0 radical (unpaired) electrons. The highest BCUT2D eigenvalue weighted by molar-refractivity contribution is 7.98. The largest absolute Gasteiger partial charge is 0.483 e. The van der Waals surface area contributed by atoms with E-state index in [1.54, 1.807) is 11.8 Å². The molecule has 1 aromatic carbocycles. The zero-order valence-corrected chi connectivity index (χ0v) is 12.6. The molecule has 0 saturated carbocycles. The van der Waals surface area contributed by atoms with Gasteiger partial charge < -0.3 is 4.74 Å². The SMILES string of the molecule is CC(C)c1ccccc1OCSCc1nc(=S)[nH][nH]1. The molecule has 102 valence electrons. The molecule has 0 amide bonds. The number of rotatable bonds is 6. The topological polar surface area (TPSA) is 53.7 Å². The van der Waals surface area contributed by atoms with Gasteiger partial charge in [0.2, 0.25) is 4.77 Å². The maximum atomic E-state index is 5.81. The third-order valence-corrected chi connectivity index (χ3v) is 3.58. The summed E-state index contributed by atoms with van der Waals surface area (Å²) in [5.41, 5.74) is 1.24. The highest BCUT2D eigenvalue weighted by Gasteiger charge is 2.06. The fourth-order valence-electron chi connectivity index (χ4n) is 1.70. The number of hydrogen-bond donors (Lipinski definition) is 2. The predicted molar refractivity (Wildman–Crippen MR) is 81.1 cm³/mol. The molecule has 0 atom stereocenters. The monoisotopic (exact) mass is 295 g/mol. The summed E-state index contributed by atoms with van der Waals surface area (Å²) in [5.74, 6) is 3.60. The van der Waals surface area contributed by atoms with Crippen molar-refractivity contribution < 1.29 is 4.74 Å². The second-order valence-electron chi connectivity index (χ2n) is 4.42. The first-order chi connectivity index (χ1) is 9.16. The summed E-state index contributed by atoms with van der Waals surface area (Å²) in [7, 11) is 0. The highest BCUT2D eigenvalue weighted by Crippen LogP contribution is 2.26. The number of H-pyrrole nitrogens is 2. The van der Waals surface area contributed by atoms with Crippen molar-refractivity contribution in [1.29, 1.82) is 0 Å². The third-order valence-electron chi connectivity index (χ3n) is 2.63. The van der Waals surface area contributed by atoms with Crippen LogP contribution in [0.25, 0.3) is 0 Å². The summed E-state index contributed by atoms with van der Waals surface area (Å²) in [6.45, 7) is 4.33. The Balaban J connectivity index is 1.84. The molecule has 0 aliphatic heterocycles. The third kappa shape index (κ3) is 4.11. The summed E-state index contributed by atoms with van der Waals surface area (Å²) in [5, 5.41) is 5.69. The van der Waals surface area contributed by atoms with Gasteiger partial charge in [0, 0.05) is 0 Å². The van der Waals surface area contributed by atoms with Crippen LogP contribution in [0.5, 0.6) is 5.75 Å². The molecule has 2 N–H and O–H groups in total. The lowest BCUT2D eigenvalue weighted by Gasteiger charge is -2.13. The summed E-state index contributed by atoms with van der Waals surface area (Å²) in [6, 6.07) is 8.16. The van der Waals surface area contributed by atoms with Gasteiger partial charge in [0.05, 0.1) is 5.75 Å². The van der Waals surface area contributed by atoms with Gasteiger partial charge in [-0.25, -0.2) is 4.98 Å². The van der Waals surface area contributed by atoms with Crippen molar-refractivity contribution in [2.45, 2.75) is 25.5 Å². The van der Waals surface area contributed by atoms with E-state index in [0.29, 0.717) is 16.6 Å². The Morgan fingerprint density at radius 2 is 2.11 bits per heavy atom. The minimum Gasteiger partial charge on any atom is -0.483 e. The molecule has 0 spiro atoms. The molecule has 1 aromatic heterocycles. The molecule has 0 saturated heterocycles. The molecule has 6 heteroatoms. The van der Waals surface area contributed by atoms with E-state index in [-0.39, 0.29) is 0 Å². The molecule has 0 bridgehead atoms. The molecule has 19 heavy (non-hydrogen) atoms. The number of nitrogens with zero attached hydrogens (tertiary/aromatic N) is 1. The van der Waals surface area contributed by atoms with E-state index in [4.69, 9.17) is 17.0 Å². The summed E-state index contributed by atoms with van der Waals surface area (Å²) >= 11 is 6.55. The van der Waals surface area contributed by atoms with Gasteiger partial charge in [-0.2, -0.15) is 0 Å². The Hall–Kier alpha value is -1.27. The summed E-state index contributed by atoms with van der Waals surface area (Å²) in [4.78, 5) is 4.13. The van der Waals surface area contributed by atoms with Crippen molar-refractivity contribution in [3.8, 4) is 5.75 Å². The zero-order valence-electron chi connectivity index (χ0n) is 11.0. The van der Waals surface area contributed by atoms with Crippen LogP contribution in [0.2, 0.25) is 0 Å². The zero-order chi connectivity index (χ0) is 13.7. The first-order valence-electron chi connectivity index (χ1n) is 6.10. The van der Waals surface area contributed by atoms with Crippen LogP contribution in [-0.2, 0) is 5.75 Å². The van der Waals surface area contributed by atoms with Gasteiger partial charge in [-0.1, -0.05) is 32.0 Å². The molecule has 0 unspecified atom stereocenters. The number of ether oxygens (including phenoxy) is 1. The van der Waals surface area contributed by atoms with Crippen LogP contribution in [0.3, 0.4) is 0 Å². The Morgan fingerprint density at radius 3 is 2.79 bits per heavy atom. The number of benzene rings is 1. The van der Waals surface area contributed by atoms with E-state index < -0.39 is 0 Å². The lowest BCUT2D eigenvalue weighted by atomic mass is 10.0. The number of aromatic amines is 2. The molecular weight excluding hydrogens is 278 g/mol. The Labute approximate surface area is 122 Å². The first-order valence-corrected chi connectivity index (χ1v) is 7.66. The van der Waals surface area contributed by atoms with Gasteiger partial charge in [-0.05, 0) is 29.8 Å². The summed E-state index contributed by atoms with van der Waals surface area (Å²) < 4.78 is 6.30. The van der Waals surface area contributed by atoms with Gasteiger partial charge in [-0.15, -0.1) is 11.8 Å². The lowest BCUT2D eigenvalue weighted by Crippen LogP contribution is -1.99. The van der Waals surface area contributed by atoms with Crippen molar-refractivity contribution in [3.05, 3.63) is 40.4 Å². The van der Waals surface area contributed by atoms with Gasteiger partial charge in [-0.3, -0.25) is 10.2 Å². The van der Waals surface area contributed by atoms with Crippen LogP contribution in [0.4, 0.5) is 0 Å². The van der Waals surface area contributed by atoms with Crippen molar-refractivity contribution in [3.63, 3.8) is 0 Å². The van der Waals surface area contributed by atoms with Gasteiger partial charge in [0.15, 0.2) is 0 Å². The average Bonchev–Trinajstić information content (AvgIpc) is 2.81. The van der Waals surface area contributed by atoms with E-state index in [1.807, 2.05) is 18.2 Å². The maximum Gasteiger partial charge on any atom is 0.213 e. The average molecular weight is 295 g/mol. The van der Waals surface area contributed by atoms with Crippen LogP contribution in [-0.4, -0.2) is 21.1 Å². The van der Waals surface area contributed by atoms with E-state index in [0.717, 1.165) is 17.3 Å². The predicted octanol–water partition coefficient (Wildman–Crippen LogP) is 3.86. The van der Waals surface area contributed by atoms with Crippen molar-refractivity contribution in [2.24, 2.45) is 0 Å². The Morgan fingerprint density at radius 1 is 1.32 bits per heavy atom. The van der Waals surface area contributed by atoms with Crippen LogP contribution in [0.1, 0.15) is 31.2 Å². The Kier molecular flexibility index (Phi) is 5.04. The number of nitrogens with one attached hydrogen (secondary N) is 2. The molecule has 2 aromatic rings. The second kappa shape index (κ2) is 6.77. The van der Waals surface area contributed by atoms with Crippen molar-refractivity contribution in [1.82, 2.24) is 15.2 Å². The lowest BCUT2D eigenvalue weighted by molar-refractivity contribution is 0.386.